The topological polar surface area (TPSA) is 15.7 Å². The first-order chi connectivity index (χ1) is 15.2. The van der Waals surface area contributed by atoms with Crippen LogP contribution in [0.4, 0.5) is 0 Å². The smallest absolute Gasteiger partial charge is 0.122 e. The van der Waals surface area contributed by atoms with Crippen LogP contribution in [0.15, 0.2) is 51.8 Å². The zero-order valence-corrected chi connectivity index (χ0v) is 21.1. The van der Waals surface area contributed by atoms with Crippen LogP contribution >= 0.6 is 27.7 Å². The number of thioether (sulfide) groups is 1. The molecule has 1 aliphatic heterocycles. The number of methoxy groups -OCH3 is 1. The van der Waals surface area contributed by atoms with Gasteiger partial charge < -0.3 is 4.74 Å². The molecule has 0 unspecified atom stereocenters. The van der Waals surface area contributed by atoms with E-state index in [0.717, 1.165) is 28.6 Å². The maximum atomic E-state index is 5.56. The Kier molecular flexibility index (Phi) is 8.77. The third-order valence-electron chi connectivity index (χ3n) is 6.74. The number of benzene rings is 2. The van der Waals surface area contributed by atoms with Gasteiger partial charge in [0.25, 0.3) is 0 Å². The molecule has 2 aromatic carbocycles. The van der Waals surface area contributed by atoms with Crippen molar-refractivity contribution in [3.8, 4) is 5.75 Å². The first-order valence-electron chi connectivity index (χ1n) is 11.7. The molecule has 0 amide bonds. The van der Waals surface area contributed by atoms with Crippen LogP contribution in [0.2, 0.25) is 0 Å². The largest absolute Gasteiger partial charge is 0.496 e. The van der Waals surface area contributed by atoms with Gasteiger partial charge in [-0.05, 0) is 42.7 Å². The molecule has 1 heterocycles. The van der Waals surface area contributed by atoms with Crippen molar-refractivity contribution >= 4 is 27.7 Å². The molecular weight excluding hydrogens is 468 g/mol. The number of ether oxygens (including phenoxy) is 1. The van der Waals surface area contributed by atoms with E-state index in [-0.39, 0.29) is 0 Å². The highest BCUT2D eigenvalue weighted by Crippen LogP contribution is 2.32. The lowest BCUT2D eigenvalue weighted by Gasteiger charge is -2.39. The number of rotatable bonds is 7. The minimum Gasteiger partial charge on any atom is -0.496 e. The third-order valence-corrected chi connectivity index (χ3v) is 8.40. The van der Waals surface area contributed by atoms with Crippen LogP contribution in [0, 0.1) is 0 Å². The Hall–Kier alpha value is -1.01. The van der Waals surface area contributed by atoms with Gasteiger partial charge in [0.1, 0.15) is 5.75 Å². The van der Waals surface area contributed by atoms with Gasteiger partial charge in [-0.2, -0.15) is 0 Å². The molecule has 5 heteroatoms. The fourth-order valence-electron chi connectivity index (χ4n) is 4.94. The quantitative estimate of drug-likeness (QED) is 0.313. The normalized spacial score (nSPS) is 19.3. The monoisotopic (exact) mass is 502 g/mol. The number of hydrogen-bond acceptors (Lipinski definition) is 4. The molecule has 1 saturated carbocycles. The van der Waals surface area contributed by atoms with Gasteiger partial charge in [0.05, 0.1) is 7.11 Å². The van der Waals surface area contributed by atoms with Gasteiger partial charge in [-0.3, -0.25) is 9.80 Å². The van der Waals surface area contributed by atoms with E-state index in [1.165, 1.54) is 80.7 Å². The summed E-state index contributed by atoms with van der Waals surface area (Å²) in [5.74, 6) is 1.87. The highest BCUT2D eigenvalue weighted by Gasteiger charge is 2.24. The van der Waals surface area contributed by atoms with Gasteiger partial charge >= 0.3 is 0 Å². The van der Waals surface area contributed by atoms with Crippen LogP contribution in [-0.4, -0.2) is 49.1 Å². The zero-order valence-electron chi connectivity index (χ0n) is 18.7. The van der Waals surface area contributed by atoms with E-state index in [1.54, 1.807) is 7.11 Å². The molecule has 0 N–H and O–H groups in total. The predicted molar refractivity (Wildman–Crippen MR) is 135 cm³/mol. The molecule has 3 nitrogen and oxygen atoms in total. The first kappa shape index (κ1) is 23.2. The summed E-state index contributed by atoms with van der Waals surface area (Å²) in [5.41, 5.74) is 2.68. The van der Waals surface area contributed by atoms with Crippen molar-refractivity contribution in [3.63, 3.8) is 0 Å². The Balaban J connectivity index is 1.33. The average molecular weight is 504 g/mol. The molecule has 31 heavy (non-hydrogen) atoms. The molecule has 4 rings (SSSR count). The number of nitrogens with zero attached hydrogens (tertiary/aromatic N) is 2. The lowest BCUT2D eigenvalue weighted by molar-refractivity contribution is 0.0847. The van der Waals surface area contributed by atoms with Gasteiger partial charge in [-0.1, -0.05) is 59.8 Å². The fraction of sp³-hybridized carbons (Fsp3) is 0.538. The van der Waals surface area contributed by atoms with Crippen molar-refractivity contribution in [1.29, 1.82) is 0 Å². The second kappa shape index (κ2) is 11.7. The molecule has 0 aromatic heterocycles. The Morgan fingerprint density at radius 2 is 1.68 bits per heavy atom. The maximum Gasteiger partial charge on any atom is 0.122 e. The molecule has 0 atom stereocenters. The van der Waals surface area contributed by atoms with Gasteiger partial charge in [-0.15, -0.1) is 11.8 Å². The lowest BCUT2D eigenvalue weighted by atomic mass is 10.1. The van der Waals surface area contributed by atoms with E-state index < -0.39 is 0 Å². The molecule has 2 fully saturated rings. The summed E-state index contributed by atoms with van der Waals surface area (Å²) in [4.78, 5) is 6.81. The number of hydrogen-bond donors (Lipinski definition) is 0. The zero-order chi connectivity index (χ0) is 21.5. The van der Waals surface area contributed by atoms with E-state index >= 15 is 0 Å². The van der Waals surface area contributed by atoms with Gasteiger partial charge in [0.15, 0.2) is 0 Å². The highest BCUT2D eigenvalue weighted by molar-refractivity contribution is 9.10. The number of halogens is 1. The van der Waals surface area contributed by atoms with Crippen molar-refractivity contribution in [2.45, 2.75) is 61.8 Å². The summed E-state index contributed by atoms with van der Waals surface area (Å²) in [5, 5.41) is 0. The SMILES string of the molecule is COc1ccc(Br)cc1CSc1ccccc1CN1CCN(C2CCCCCC2)CC1. The van der Waals surface area contributed by atoms with Crippen molar-refractivity contribution in [2.75, 3.05) is 33.3 Å². The van der Waals surface area contributed by atoms with Crippen molar-refractivity contribution in [3.05, 3.63) is 58.1 Å². The van der Waals surface area contributed by atoms with E-state index in [0.29, 0.717) is 0 Å². The van der Waals surface area contributed by atoms with E-state index in [1.807, 2.05) is 23.9 Å². The summed E-state index contributed by atoms with van der Waals surface area (Å²) in [7, 11) is 1.75. The second-order valence-corrected chi connectivity index (χ2v) is 10.7. The summed E-state index contributed by atoms with van der Waals surface area (Å²) in [6.07, 6.45) is 8.57. The molecule has 0 radical (unpaired) electrons. The molecule has 1 aliphatic carbocycles. The minimum atomic E-state index is 0.840. The second-order valence-electron chi connectivity index (χ2n) is 8.81. The van der Waals surface area contributed by atoms with Crippen LogP contribution in [0.25, 0.3) is 0 Å². The van der Waals surface area contributed by atoms with Crippen LogP contribution in [-0.2, 0) is 12.3 Å². The van der Waals surface area contributed by atoms with Crippen LogP contribution < -0.4 is 4.74 Å². The lowest BCUT2D eigenvalue weighted by Crippen LogP contribution is -2.49. The molecular formula is C26H35BrN2OS. The summed E-state index contributed by atoms with van der Waals surface area (Å²) < 4.78 is 6.66. The molecule has 1 saturated heterocycles. The Morgan fingerprint density at radius 3 is 2.42 bits per heavy atom. The standard InChI is InChI=1S/C26H35BrN2OS/c1-30-25-13-12-23(27)18-22(25)20-31-26-11-7-6-8-21(26)19-28-14-16-29(17-15-28)24-9-4-2-3-5-10-24/h6-8,11-13,18,24H,2-5,9-10,14-17,19-20H2,1H3. The molecule has 0 bridgehead atoms. The highest BCUT2D eigenvalue weighted by atomic mass is 79.9. The summed E-state index contributed by atoms with van der Waals surface area (Å²) >= 11 is 5.51. The van der Waals surface area contributed by atoms with Crippen molar-refractivity contribution in [1.82, 2.24) is 9.80 Å². The van der Waals surface area contributed by atoms with Crippen LogP contribution in [0.5, 0.6) is 5.75 Å². The minimum absolute atomic E-state index is 0.840. The fourth-order valence-corrected chi connectivity index (χ4v) is 6.38. The van der Waals surface area contributed by atoms with Crippen molar-refractivity contribution < 1.29 is 4.74 Å². The van der Waals surface area contributed by atoms with Gasteiger partial charge in [0.2, 0.25) is 0 Å². The molecule has 2 aromatic rings. The van der Waals surface area contributed by atoms with E-state index in [2.05, 4.69) is 56.1 Å². The maximum absolute atomic E-state index is 5.56. The Bertz CT molecular complexity index is 830. The summed E-state index contributed by atoms with van der Waals surface area (Å²) in [6.45, 7) is 5.89. The van der Waals surface area contributed by atoms with Crippen LogP contribution in [0.1, 0.15) is 49.7 Å². The Labute approximate surface area is 200 Å². The van der Waals surface area contributed by atoms with E-state index in [4.69, 9.17) is 4.74 Å². The van der Waals surface area contributed by atoms with Gasteiger partial charge in [0, 0.05) is 59.5 Å². The molecule has 2 aliphatic rings. The first-order valence-corrected chi connectivity index (χ1v) is 13.5. The summed E-state index contributed by atoms with van der Waals surface area (Å²) in [6, 6.07) is 16.0. The van der Waals surface area contributed by atoms with E-state index in [9.17, 15) is 0 Å². The Morgan fingerprint density at radius 1 is 0.935 bits per heavy atom. The van der Waals surface area contributed by atoms with Crippen molar-refractivity contribution in [2.24, 2.45) is 0 Å². The van der Waals surface area contributed by atoms with Gasteiger partial charge in [-0.25, -0.2) is 0 Å². The molecule has 168 valence electrons. The average Bonchev–Trinajstić information content (AvgIpc) is 3.09. The van der Waals surface area contributed by atoms with Crippen LogP contribution in [0.3, 0.4) is 0 Å². The number of piperazine rings is 1. The molecule has 0 spiro atoms. The predicted octanol–water partition coefficient (Wildman–Crippen LogP) is 6.59. The third kappa shape index (κ3) is 6.50.